The molecule has 7 N–H and O–H groups in total. The van der Waals surface area contributed by atoms with Gasteiger partial charge in [0.1, 0.15) is 17.1 Å². The minimum Gasteiger partial charge on any atom is -0.484 e. The number of ether oxygens (including phenoxy) is 1. The van der Waals surface area contributed by atoms with Gasteiger partial charge in [-0.2, -0.15) is 0 Å². The first-order valence-electron chi connectivity index (χ1n) is 13.8. The maximum Gasteiger partial charge on any atom is 0.332 e. The summed E-state index contributed by atoms with van der Waals surface area (Å²) in [5.41, 5.74) is 11.9. The van der Waals surface area contributed by atoms with Crippen molar-refractivity contribution in [2.45, 2.75) is 65.1 Å². The second-order valence-corrected chi connectivity index (χ2v) is 9.52. The van der Waals surface area contributed by atoms with Crippen molar-refractivity contribution in [3.63, 3.8) is 0 Å². The molecule has 0 aliphatic heterocycles. The summed E-state index contributed by atoms with van der Waals surface area (Å²) in [6.07, 6.45) is 3.56. The van der Waals surface area contributed by atoms with Gasteiger partial charge in [0.25, 0.3) is 11.5 Å². The van der Waals surface area contributed by atoms with E-state index in [4.69, 9.17) is 16.2 Å². The Balaban J connectivity index is 1.55. The van der Waals surface area contributed by atoms with E-state index >= 15 is 0 Å². The number of amides is 2. The zero-order chi connectivity index (χ0) is 29.1. The average molecular weight is 557 g/mol. The zero-order valence-electron chi connectivity index (χ0n) is 23.2. The first kappa shape index (κ1) is 30.6. The Morgan fingerprint density at radius 1 is 1.02 bits per heavy atom. The van der Waals surface area contributed by atoms with E-state index in [9.17, 15) is 19.2 Å². The van der Waals surface area contributed by atoms with Crippen LogP contribution in [0.1, 0.15) is 46.0 Å². The molecule has 0 fully saturated rings. The first-order valence-corrected chi connectivity index (χ1v) is 13.8. The number of aromatic amines is 1. The number of nitrogens with zero attached hydrogens (tertiary/aromatic N) is 3. The van der Waals surface area contributed by atoms with Gasteiger partial charge >= 0.3 is 5.69 Å². The number of benzene rings is 1. The number of aromatic nitrogens is 4. The summed E-state index contributed by atoms with van der Waals surface area (Å²) in [4.78, 5) is 57.5. The molecule has 0 saturated heterocycles. The highest BCUT2D eigenvalue weighted by Crippen LogP contribution is 2.21. The van der Waals surface area contributed by atoms with Crippen LogP contribution < -0.4 is 38.1 Å². The molecule has 3 aromatic rings. The van der Waals surface area contributed by atoms with E-state index in [1.165, 1.54) is 9.13 Å². The third-order valence-electron chi connectivity index (χ3n) is 6.31. The Morgan fingerprint density at radius 3 is 2.38 bits per heavy atom. The van der Waals surface area contributed by atoms with E-state index in [1.807, 2.05) is 13.8 Å². The van der Waals surface area contributed by atoms with Crippen molar-refractivity contribution in [3.8, 4) is 17.1 Å². The Bertz CT molecular complexity index is 1390. The largest absolute Gasteiger partial charge is 0.484 e. The van der Waals surface area contributed by atoms with Gasteiger partial charge in [-0.05, 0) is 56.5 Å². The van der Waals surface area contributed by atoms with E-state index in [-0.39, 0.29) is 42.8 Å². The van der Waals surface area contributed by atoms with Crippen LogP contribution in [0.25, 0.3) is 22.6 Å². The van der Waals surface area contributed by atoms with Gasteiger partial charge < -0.3 is 31.8 Å². The van der Waals surface area contributed by atoms with Gasteiger partial charge in [0.2, 0.25) is 5.91 Å². The molecular formula is C27H40N8O5. The molecule has 0 bridgehead atoms. The standard InChI is InChI=1S/C27H40N8O5/c1-3-15-34-24-22(26(38)35(16-4-2)27(34)39)32-23(33-24)18-8-10-19(11-9-18)40-17-21(36)30-13-14-31-25(37)20(29)7-5-6-12-28/h8-11,20H,3-7,12-17,28-29H2,1-2H3,(H,30,36)(H,31,37)(H,32,33)/t20-/m0/s1. The van der Waals surface area contributed by atoms with Crippen molar-refractivity contribution in [3.05, 3.63) is 45.1 Å². The maximum atomic E-state index is 12.9. The van der Waals surface area contributed by atoms with Gasteiger partial charge in [-0.25, -0.2) is 9.78 Å². The van der Waals surface area contributed by atoms with Gasteiger partial charge in [-0.1, -0.05) is 20.3 Å². The second-order valence-electron chi connectivity index (χ2n) is 9.52. The van der Waals surface area contributed by atoms with Gasteiger partial charge in [0.15, 0.2) is 12.3 Å². The second kappa shape index (κ2) is 15.0. The summed E-state index contributed by atoms with van der Waals surface area (Å²) >= 11 is 0. The van der Waals surface area contributed by atoms with E-state index in [2.05, 4.69) is 20.6 Å². The predicted octanol–water partition coefficient (Wildman–Crippen LogP) is 0.441. The van der Waals surface area contributed by atoms with Gasteiger partial charge in [0, 0.05) is 31.7 Å². The highest BCUT2D eigenvalue weighted by Gasteiger charge is 2.17. The zero-order valence-corrected chi connectivity index (χ0v) is 23.2. The summed E-state index contributed by atoms with van der Waals surface area (Å²) in [6.45, 7) is 5.54. The molecule has 0 radical (unpaired) electrons. The van der Waals surface area contributed by atoms with Crippen molar-refractivity contribution < 1.29 is 14.3 Å². The van der Waals surface area contributed by atoms with Crippen LogP contribution in [0.2, 0.25) is 0 Å². The molecule has 218 valence electrons. The number of nitrogens with two attached hydrogens (primary N) is 2. The molecule has 0 unspecified atom stereocenters. The molecule has 2 aromatic heterocycles. The highest BCUT2D eigenvalue weighted by atomic mass is 16.5. The number of carbonyl (C=O) groups is 2. The lowest BCUT2D eigenvalue weighted by Crippen LogP contribution is -2.44. The Morgan fingerprint density at radius 2 is 1.70 bits per heavy atom. The predicted molar refractivity (Wildman–Crippen MR) is 153 cm³/mol. The molecule has 0 aliphatic rings. The normalized spacial score (nSPS) is 11.9. The van der Waals surface area contributed by atoms with Crippen molar-refractivity contribution in [1.82, 2.24) is 29.7 Å². The topological polar surface area (TPSA) is 192 Å². The number of nitrogens with one attached hydrogen (secondary N) is 3. The lowest BCUT2D eigenvalue weighted by molar-refractivity contribution is -0.124. The number of aryl methyl sites for hydroxylation is 1. The number of carbonyl (C=O) groups excluding carboxylic acids is 2. The Labute approximate surface area is 232 Å². The van der Waals surface area contributed by atoms with Gasteiger partial charge in [-0.3, -0.25) is 23.5 Å². The van der Waals surface area contributed by atoms with Crippen molar-refractivity contribution in [2.24, 2.45) is 11.5 Å². The Hall–Kier alpha value is -3.97. The number of rotatable bonds is 16. The molecule has 2 heterocycles. The van der Waals surface area contributed by atoms with Crippen LogP contribution in [0.4, 0.5) is 0 Å². The number of unbranched alkanes of at least 4 members (excludes halogenated alkanes) is 1. The SMILES string of the molecule is CCCn1c(=O)c2[nH]c(-c3ccc(OCC(=O)NCCNC(=O)[C@@H](N)CCCCN)cc3)nc2n(CCC)c1=O. The third kappa shape index (κ3) is 7.79. The summed E-state index contributed by atoms with van der Waals surface area (Å²) in [6, 6.07) is 6.30. The maximum absolute atomic E-state index is 12.9. The quantitative estimate of drug-likeness (QED) is 0.157. The molecule has 1 aromatic carbocycles. The summed E-state index contributed by atoms with van der Waals surface area (Å²) < 4.78 is 8.34. The van der Waals surface area contributed by atoms with Crippen molar-refractivity contribution >= 4 is 23.0 Å². The molecule has 13 heteroatoms. The lowest BCUT2D eigenvalue weighted by atomic mass is 10.1. The number of hydrogen-bond donors (Lipinski definition) is 5. The molecular weight excluding hydrogens is 516 g/mol. The van der Waals surface area contributed by atoms with Crippen LogP contribution in [0.5, 0.6) is 5.75 Å². The fourth-order valence-electron chi connectivity index (χ4n) is 4.22. The van der Waals surface area contributed by atoms with E-state index in [0.717, 1.165) is 19.3 Å². The monoisotopic (exact) mass is 556 g/mol. The minimum absolute atomic E-state index is 0.198. The minimum atomic E-state index is -0.589. The molecule has 0 saturated carbocycles. The van der Waals surface area contributed by atoms with Crippen LogP contribution in [-0.4, -0.2) is 63.2 Å². The molecule has 0 spiro atoms. The van der Waals surface area contributed by atoms with E-state index in [1.54, 1.807) is 24.3 Å². The first-order chi connectivity index (χ1) is 19.3. The molecule has 40 heavy (non-hydrogen) atoms. The average Bonchev–Trinajstić information content (AvgIpc) is 3.40. The van der Waals surface area contributed by atoms with Gasteiger partial charge in [0.05, 0.1) is 6.04 Å². The van der Waals surface area contributed by atoms with E-state index < -0.39 is 6.04 Å². The van der Waals surface area contributed by atoms with Gasteiger partial charge in [-0.15, -0.1) is 0 Å². The molecule has 13 nitrogen and oxygen atoms in total. The smallest absolute Gasteiger partial charge is 0.332 e. The lowest BCUT2D eigenvalue weighted by Gasteiger charge is -2.12. The summed E-state index contributed by atoms with van der Waals surface area (Å²) in [5.74, 6) is 0.337. The van der Waals surface area contributed by atoms with Crippen LogP contribution in [0.3, 0.4) is 0 Å². The van der Waals surface area contributed by atoms with Crippen LogP contribution in [0.15, 0.2) is 33.9 Å². The summed E-state index contributed by atoms with van der Waals surface area (Å²) in [7, 11) is 0. The molecule has 3 rings (SSSR count). The molecule has 2 amide bonds. The third-order valence-corrected chi connectivity index (χ3v) is 6.31. The van der Waals surface area contributed by atoms with Crippen LogP contribution >= 0.6 is 0 Å². The van der Waals surface area contributed by atoms with Crippen LogP contribution in [-0.2, 0) is 22.7 Å². The fraction of sp³-hybridized carbons (Fsp3) is 0.519. The number of fused-ring (bicyclic) bond motifs is 1. The number of H-pyrrole nitrogens is 1. The number of imidazole rings is 1. The van der Waals surface area contributed by atoms with Crippen molar-refractivity contribution in [2.75, 3.05) is 26.2 Å². The fourth-order valence-corrected chi connectivity index (χ4v) is 4.22. The van der Waals surface area contributed by atoms with Crippen LogP contribution in [0, 0.1) is 0 Å². The Kier molecular flexibility index (Phi) is 11.5. The molecule has 1 atom stereocenters. The highest BCUT2D eigenvalue weighted by molar-refractivity contribution is 5.81. The molecule has 0 aliphatic carbocycles. The van der Waals surface area contributed by atoms with Crippen molar-refractivity contribution in [1.29, 1.82) is 0 Å². The summed E-state index contributed by atoms with van der Waals surface area (Å²) in [5, 5.41) is 5.38. The van der Waals surface area contributed by atoms with E-state index in [0.29, 0.717) is 60.8 Å². The number of hydrogen-bond acceptors (Lipinski definition) is 8.